The molecular formula is C12H14BrNO. The fourth-order valence-electron chi connectivity index (χ4n) is 1.83. The van der Waals surface area contributed by atoms with Crippen molar-refractivity contribution in [3.8, 4) is 5.75 Å². The summed E-state index contributed by atoms with van der Waals surface area (Å²) in [6.07, 6.45) is 2.86. The monoisotopic (exact) mass is 267 g/mol. The minimum Gasteiger partial charge on any atom is -0.496 e. The van der Waals surface area contributed by atoms with Crippen LogP contribution in [0.25, 0.3) is 0 Å². The highest BCUT2D eigenvalue weighted by atomic mass is 79.9. The number of ether oxygens (including phenoxy) is 1. The third-order valence-corrected chi connectivity index (χ3v) is 3.38. The number of benzene rings is 1. The van der Waals surface area contributed by atoms with Crippen LogP contribution in [0.2, 0.25) is 0 Å². The van der Waals surface area contributed by atoms with Gasteiger partial charge in [0.2, 0.25) is 0 Å². The summed E-state index contributed by atoms with van der Waals surface area (Å²) < 4.78 is 6.46. The van der Waals surface area contributed by atoms with Crippen molar-refractivity contribution in [2.75, 3.05) is 7.11 Å². The molecule has 0 fully saturated rings. The molecule has 1 aliphatic rings. The first-order valence-corrected chi connectivity index (χ1v) is 5.73. The molecular weight excluding hydrogens is 254 g/mol. The van der Waals surface area contributed by atoms with E-state index in [4.69, 9.17) is 4.74 Å². The first-order chi connectivity index (χ1) is 7.03. The van der Waals surface area contributed by atoms with Gasteiger partial charge in [-0.1, -0.05) is 15.9 Å². The van der Waals surface area contributed by atoms with Crippen molar-refractivity contribution in [2.45, 2.75) is 25.8 Å². The molecule has 1 aromatic rings. The molecule has 0 radical (unpaired) electrons. The molecule has 0 aromatic heterocycles. The van der Waals surface area contributed by atoms with Gasteiger partial charge >= 0.3 is 0 Å². The maximum absolute atomic E-state index is 5.32. The zero-order chi connectivity index (χ0) is 11.1. The number of methoxy groups -OCH3 is 1. The first kappa shape index (κ1) is 10.7. The van der Waals surface area contributed by atoms with Crippen molar-refractivity contribution in [2.24, 2.45) is 4.99 Å². The van der Waals surface area contributed by atoms with Crippen molar-refractivity contribution in [3.63, 3.8) is 0 Å². The number of rotatable bonds is 1. The summed E-state index contributed by atoms with van der Waals surface area (Å²) in [5, 5.41) is 0. The average molecular weight is 268 g/mol. The Kier molecular flexibility index (Phi) is 2.59. The SMILES string of the molecule is COc1ccc(Br)c2c1C=NC(C)(C)C2. The Morgan fingerprint density at radius 2 is 2.13 bits per heavy atom. The average Bonchev–Trinajstić information content (AvgIpc) is 2.18. The molecule has 0 aliphatic carbocycles. The van der Waals surface area contributed by atoms with Crippen LogP contribution >= 0.6 is 15.9 Å². The van der Waals surface area contributed by atoms with Gasteiger partial charge in [0.15, 0.2) is 0 Å². The number of halogens is 1. The van der Waals surface area contributed by atoms with Crippen molar-refractivity contribution < 1.29 is 4.74 Å². The third kappa shape index (κ3) is 1.93. The standard InChI is InChI=1S/C12H14BrNO/c1-12(2)6-8-9(7-14-12)11(15-3)5-4-10(8)13/h4-5,7H,6H2,1-3H3. The van der Waals surface area contributed by atoms with Gasteiger partial charge in [0.05, 0.1) is 12.6 Å². The molecule has 2 nitrogen and oxygen atoms in total. The lowest BCUT2D eigenvalue weighted by Crippen LogP contribution is -2.25. The van der Waals surface area contributed by atoms with Crippen LogP contribution in [0.15, 0.2) is 21.6 Å². The van der Waals surface area contributed by atoms with Crippen molar-refractivity contribution in [1.82, 2.24) is 0 Å². The second-order valence-corrected chi connectivity index (χ2v) is 5.24. The van der Waals surface area contributed by atoms with Crippen molar-refractivity contribution in [1.29, 1.82) is 0 Å². The van der Waals surface area contributed by atoms with Crippen LogP contribution in [0.1, 0.15) is 25.0 Å². The predicted octanol–water partition coefficient (Wildman–Crippen LogP) is 3.21. The normalized spacial score (nSPS) is 17.3. The molecule has 0 unspecified atom stereocenters. The Labute approximate surface area is 98.5 Å². The van der Waals surface area contributed by atoms with Gasteiger partial charge in [-0.15, -0.1) is 0 Å². The van der Waals surface area contributed by atoms with E-state index < -0.39 is 0 Å². The summed E-state index contributed by atoms with van der Waals surface area (Å²) >= 11 is 3.58. The van der Waals surface area contributed by atoms with E-state index in [1.165, 1.54) is 5.56 Å². The lowest BCUT2D eigenvalue weighted by atomic mass is 9.89. The van der Waals surface area contributed by atoms with Crippen LogP contribution in [-0.2, 0) is 6.42 Å². The maximum atomic E-state index is 5.32. The summed E-state index contributed by atoms with van der Waals surface area (Å²) in [5.74, 6) is 0.896. The lowest BCUT2D eigenvalue weighted by Gasteiger charge is -2.26. The summed E-state index contributed by atoms with van der Waals surface area (Å²) in [6, 6.07) is 4.00. The lowest BCUT2D eigenvalue weighted by molar-refractivity contribution is 0.411. The number of fused-ring (bicyclic) bond motifs is 1. The van der Waals surface area contributed by atoms with E-state index in [0.29, 0.717) is 0 Å². The molecule has 0 bridgehead atoms. The van der Waals surface area contributed by atoms with Crippen molar-refractivity contribution in [3.05, 3.63) is 27.7 Å². The van der Waals surface area contributed by atoms with Gasteiger partial charge in [0.1, 0.15) is 5.75 Å². The molecule has 0 N–H and O–H groups in total. The highest BCUT2D eigenvalue weighted by molar-refractivity contribution is 9.10. The maximum Gasteiger partial charge on any atom is 0.127 e. The Bertz CT molecular complexity index is 424. The fraction of sp³-hybridized carbons (Fsp3) is 0.417. The quantitative estimate of drug-likeness (QED) is 0.766. The van der Waals surface area contributed by atoms with Crippen LogP contribution < -0.4 is 4.74 Å². The van der Waals surface area contributed by atoms with Crippen LogP contribution in [0.3, 0.4) is 0 Å². The van der Waals surface area contributed by atoms with Gasteiger partial charge in [0.25, 0.3) is 0 Å². The van der Waals surface area contributed by atoms with Gasteiger partial charge in [-0.2, -0.15) is 0 Å². The summed E-state index contributed by atoms with van der Waals surface area (Å²) in [4.78, 5) is 4.53. The molecule has 0 atom stereocenters. The highest BCUT2D eigenvalue weighted by Gasteiger charge is 2.25. The minimum atomic E-state index is -0.0120. The van der Waals surface area contributed by atoms with E-state index in [2.05, 4.69) is 34.8 Å². The molecule has 0 spiro atoms. The zero-order valence-corrected chi connectivity index (χ0v) is 10.8. The second-order valence-electron chi connectivity index (χ2n) is 4.39. The van der Waals surface area contributed by atoms with Crippen molar-refractivity contribution >= 4 is 22.1 Å². The molecule has 2 rings (SSSR count). The Hall–Kier alpha value is -0.830. The molecule has 80 valence electrons. The summed E-state index contributed by atoms with van der Waals surface area (Å²) in [6.45, 7) is 4.27. The van der Waals surface area contributed by atoms with Gasteiger partial charge < -0.3 is 4.74 Å². The molecule has 15 heavy (non-hydrogen) atoms. The van der Waals surface area contributed by atoms with E-state index in [9.17, 15) is 0 Å². The summed E-state index contributed by atoms with van der Waals surface area (Å²) in [5.41, 5.74) is 2.38. The van der Waals surface area contributed by atoms with Gasteiger partial charge in [-0.05, 0) is 38.0 Å². The molecule has 0 saturated heterocycles. The Morgan fingerprint density at radius 1 is 1.40 bits per heavy atom. The van der Waals surface area contributed by atoms with Gasteiger partial charge in [-0.25, -0.2) is 0 Å². The van der Waals surface area contributed by atoms with Crippen LogP contribution in [0.4, 0.5) is 0 Å². The molecule has 1 heterocycles. The molecule has 3 heteroatoms. The Balaban J connectivity index is 2.58. The van der Waals surface area contributed by atoms with E-state index in [1.807, 2.05) is 18.3 Å². The van der Waals surface area contributed by atoms with Gasteiger partial charge in [0, 0.05) is 16.3 Å². The Morgan fingerprint density at radius 3 is 2.80 bits per heavy atom. The number of aliphatic imine (C=N–C) groups is 1. The minimum absolute atomic E-state index is 0.0120. The molecule has 1 aliphatic heterocycles. The molecule has 1 aromatic carbocycles. The number of nitrogens with zero attached hydrogens (tertiary/aromatic N) is 1. The summed E-state index contributed by atoms with van der Waals surface area (Å²) in [7, 11) is 1.69. The zero-order valence-electron chi connectivity index (χ0n) is 9.17. The second kappa shape index (κ2) is 3.63. The van der Waals surface area contributed by atoms with Crippen LogP contribution in [-0.4, -0.2) is 18.9 Å². The molecule has 0 saturated carbocycles. The fourth-order valence-corrected chi connectivity index (χ4v) is 2.32. The van der Waals surface area contributed by atoms with Gasteiger partial charge in [-0.3, -0.25) is 4.99 Å². The third-order valence-electron chi connectivity index (χ3n) is 2.63. The smallest absolute Gasteiger partial charge is 0.127 e. The van der Waals surface area contributed by atoms with Crippen LogP contribution in [0, 0.1) is 0 Å². The molecule has 0 amide bonds. The van der Waals surface area contributed by atoms with E-state index in [1.54, 1.807) is 7.11 Å². The number of hydrogen-bond donors (Lipinski definition) is 0. The van der Waals surface area contributed by atoms with E-state index >= 15 is 0 Å². The predicted molar refractivity (Wildman–Crippen MR) is 66.1 cm³/mol. The number of hydrogen-bond acceptors (Lipinski definition) is 2. The van der Waals surface area contributed by atoms with Crippen LogP contribution in [0.5, 0.6) is 5.75 Å². The highest BCUT2D eigenvalue weighted by Crippen LogP contribution is 2.34. The topological polar surface area (TPSA) is 21.6 Å². The van der Waals surface area contributed by atoms with E-state index in [-0.39, 0.29) is 5.54 Å². The largest absolute Gasteiger partial charge is 0.496 e. The van der Waals surface area contributed by atoms with E-state index in [0.717, 1.165) is 22.2 Å². The first-order valence-electron chi connectivity index (χ1n) is 4.94.